The van der Waals surface area contributed by atoms with Gasteiger partial charge in [-0.2, -0.15) is 17.4 Å². The molecule has 1 aliphatic rings. The van der Waals surface area contributed by atoms with Gasteiger partial charge in [-0.25, -0.2) is 0 Å². The SMILES string of the molecule is COC(C)(C)CNS(=O)(=O)N1CCCC(CNC(C)C)C1. The Labute approximate surface area is 129 Å². The normalized spacial score (nSPS) is 21.9. The summed E-state index contributed by atoms with van der Waals surface area (Å²) in [5.74, 6) is 0.383. The van der Waals surface area contributed by atoms with E-state index in [-0.39, 0.29) is 6.54 Å². The van der Waals surface area contributed by atoms with Crippen molar-refractivity contribution >= 4 is 10.2 Å². The van der Waals surface area contributed by atoms with E-state index >= 15 is 0 Å². The lowest BCUT2D eigenvalue weighted by molar-refractivity contribution is 0.0272. The van der Waals surface area contributed by atoms with Crippen LogP contribution in [0.5, 0.6) is 0 Å². The van der Waals surface area contributed by atoms with Gasteiger partial charge in [0.15, 0.2) is 0 Å². The lowest BCUT2D eigenvalue weighted by Gasteiger charge is -2.33. The number of methoxy groups -OCH3 is 1. The Bertz CT molecular complexity index is 410. The van der Waals surface area contributed by atoms with E-state index in [9.17, 15) is 8.42 Å². The van der Waals surface area contributed by atoms with Crippen molar-refractivity contribution in [2.45, 2.75) is 52.2 Å². The third kappa shape index (κ3) is 6.61. The van der Waals surface area contributed by atoms with Crippen LogP contribution in [0.1, 0.15) is 40.5 Å². The molecular formula is C14H31N3O3S. The molecule has 126 valence electrons. The van der Waals surface area contributed by atoms with E-state index in [1.807, 2.05) is 13.8 Å². The van der Waals surface area contributed by atoms with Crippen molar-refractivity contribution < 1.29 is 13.2 Å². The number of hydrogen-bond donors (Lipinski definition) is 2. The predicted octanol–water partition coefficient (Wildman–Crippen LogP) is 0.956. The molecule has 0 spiro atoms. The number of ether oxygens (including phenoxy) is 1. The van der Waals surface area contributed by atoms with Crippen molar-refractivity contribution in [1.82, 2.24) is 14.3 Å². The maximum absolute atomic E-state index is 12.4. The van der Waals surface area contributed by atoms with E-state index in [0.717, 1.165) is 19.4 Å². The second-order valence-electron chi connectivity index (χ2n) is 6.72. The quantitative estimate of drug-likeness (QED) is 0.698. The van der Waals surface area contributed by atoms with Gasteiger partial charge in [0.2, 0.25) is 0 Å². The zero-order valence-corrected chi connectivity index (χ0v) is 14.8. The molecule has 0 radical (unpaired) electrons. The fraction of sp³-hybridized carbons (Fsp3) is 1.00. The number of nitrogens with one attached hydrogen (secondary N) is 2. The first kappa shape index (κ1) is 18.8. The van der Waals surface area contributed by atoms with Gasteiger partial charge in [-0.1, -0.05) is 13.8 Å². The summed E-state index contributed by atoms with van der Waals surface area (Å²) in [5, 5.41) is 3.39. The van der Waals surface area contributed by atoms with Gasteiger partial charge in [0.25, 0.3) is 10.2 Å². The zero-order chi connectivity index (χ0) is 16.1. The average Bonchev–Trinajstić information content (AvgIpc) is 2.44. The van der Waals surface area contributed by atoms with Gasteiger partial charge < -0.3 is 10.1 Å². The monoisotopic (exact) mass is 321 g/mol. The van der Waals surface area contributed by atoms with E-state index in [2.05, 4.69) is 23.9 Å². The van der Waals surface area contributed by atoms with Gasteiger partial charge in [0.1, 0.15) is 0 Å². The fourth-order valence-corrected chi connectivity index (χ4v) is 3.73. The highest BCUT2D eigenvalue weighted by atomic mass is 32.2. The standard InChI is InChI=1S/C14H31N3O3S/c1-12(2)15-9-13-7-6-8-17(10-13)21(18,19)16-11-14(3,4)20-5/h12-13,15-16H,6-11H2,1-5H3. The summed E-state index contributed by atoms with van der Waals surface area (Å²) in [5.41, 5.74) is -0.499. The largest absolute Gasteiger partial charge is 0.377 e. The van der Waals surface area contributed by atoms with Crippen LogP contribution in [0.4, 0.5) is 0 Å². The van der Waals surface area contributed by atoms with E-state index in [0.29, 0.717) is 25.0 Å². The molecule has 0 bridgehead atoms. The molecule has 0 saturated carbocycles. The molecule has 1 fully saturated rings. The Morgan fingerprint density at radius 1 is 1.38 bits per heavy atom. The summed E-state index contributed by atoms with van der Waals surface area (Å²) in [7, 11) is -1.84. The smallest absolute Gasteiger partial charge is 0.279 e. The molecule has 7 heteroatoms. The Balaban J connectivity index is 2.54. The highest BCUT2D eigenvalue weighted by Crippen LogP contribution is 2.18. The minimum atomic E-state index is -3.42. The number of piperidine rings is 1. The molecule has 0 aromatic heterocycles. The van der Waals surface area contributed by atoms with Gasteiger partial charge in [-0.05, 0) is 39.2 Å². The highest BCUT2D eigenvalue weighted by molar-refractivity contribution is 7.87. The Morgan fingerprint density at radius 3 is 2.62 bits per heavy atom. The summed E-state index contributed by atoms with van der Waals surface area (Å²) >= 11 is 0. The maximum atomic E-state index is 12.4. The summed E-state index contributed by atoms with van der Waals surface area (Å²) in [6.45, 7) is 10.3. The molecule has 1 saturated heterocycles. The van der Waals surface area contributed by atoms with Gasteiger partial charge in [0, 0.05) is 32.8 Å². The predicted molar refractivity (Wildman–Crippen MR) is 85.4 cm³/mol. The number of rotatable bonds is 8. The molecule has 0 amide bonds. The third-order valence-electron chi connectivity index (χ3n) is 3.87. The fourth-order valence-electron chi connectivity index (χ4n) is 2.24. The molecule has 1 atom stereocenters. The minimum absolute atomic E-state index is 0.275. The lowest BCUT2D eigenvalue weighted by atomic mass is 9.99. The van der Waals surface area contributed by atoms with Gasteiger partial charge in [-0.15, -0.1) is 0 Å². The zero-order valence-electron chi connectivity index (χ0n) is 14.0. The second-order valence-corrected chi connectivity index (χ2v) is 8.47. The third-order valence-corrected chi connectivity index (χ3v) is 5.39. The van der Waals surface area contributed by atoms with E-state index < -0.39 is 15.8 Å². The van der Waals surface area contributed by atoms with Crippen LogP contribution in [-0.2, 0) is 14.9 Å². The average molecular weight is 321 g/mol. The topological polar surface area (TPSA) is 70.7 Å². The second kappa shape index (κ2) is 7.87. The van der Waals surface area contributed by atoms with Crippen LogP contribution in [0.3, 0.4) is 0 Å². The summed E-state index contributed by atoms with van der Waals surface area (Å²) in [6.07, 6.45) is 1.99. The van der Waals surface area contributed by atoms with E-state index in [4.69, 9.17) is 4.74 Å². The molecule has 1 rings (SSSR count). The van der Waals surface area contributed by atoms with Gasteiger partial charge in [0.05, 0.1) is 5.60 Å². The van der Waals surface area contributed by atoms with Crippen LogP contribution in [0, 0.1) is 5.92 Å². The molecule has 21 heavy (non-hydrogen) atoms. The molecule has 1 aliphatic heterocycles. The first-order valence-corrected chi connectivity index (χ1v) is 9.13. The summed E-state index contributed by atoms with van der Waals surface area (Å²) in [4.78, 5) is 0. The molecule has 6 nitrogen and oxygen atoms in total. The Hall–Kier alpha value is -0.210. The molecule has 1 unspecified atom stereocenters. The minimum Gasteiger partial charge on any atom is -0.377 e. The van der Waals surface area contributed by atoms with E-state index in [1.165, 1.54) is 0 Å². The first-order chi connectivity index (χ1) is 9.66. The first-order valence-electron chi connectivity index (χ1n) is 7.69. The number of hydrogen-bond acceptors (Lipinski definition) is 4. The lowest BCUT2D eigenvalue weighted by Crippen LogP contribution is -2.50. The van der Waals surface area contributed by atoms with Crippen molar-refractivity contribution in [2.75, 3.05) is 33.3 Å². The Morgan fingerprint density at radius 2 is 2.05 bits per heavy atom. The highest BCUT2D eigenvalue weighted by Gasteiger charge is 2.30. The maximum Gasteiger partial charge on any atom is 0.279 e. The molecule has 1 heterocycles. The van der Waals surface area contributed by atoms with Crippen LogP contribution in [0.25, 0.3) is 0 Å². The van der Waals surface area contributed by atoms with Crippen LogP contribution in [0.15, 0.2) is 0 Å². The van der Waals surface area contributed by atoms with Crippen molar-refractivity contribution in [3.05, 3.63) is 0 Å². The van der Waals surface area contributed by atoms with Crippen molar-refractivity contribution in [2.24, 2.45) is 5.92 Å². The van der Waals surface area contributed by atoms with Gasteiger partial charge in [-0.3, -0.25) is 0 Å². The molecule has 0 aromatic carbocycles. The summed E-state index contributed by atoms with van der Waals surface area (Å²) in [6, 6.07) is 0.428. The van der Waals surface area contributed by atoms with Crippen molar-refractivity contribution in [3.8, 4) is 0 Å². The van der Waals surface area contributed by atoms with Crippen LogP contribution < -0.4 is 10.0 Å². The molecular weight excluding hydrogens is 290 g/mol. The van der Waals surface area contributed by atoms with Gasteiger partial charge >= 0.3 is 0 Å². The molecule has 2 N–H and O–H groups in total. The van der Waals surface area contributed by atoms with Crippen molar-refractivity contribution in [1.29, 1.82) is 0 Å². The van der Waals surface area contributed by atoms with Crippen LogP contribution in [0.2, 0.25) is 0 Å². The molecule has 0 aliphatic carbocycles. The van der Waals surface area contributed by atoms with E-state index in [1.54, 1.807) is 11.4 Å². The van der Waals surface area contributed by atoms with Crippen molar-refractivity contribution in [3.63, 3.8) is 0 Å². The molecule has 0 aromatic rings. The summed E-state index contributed by atoms with van der Waals surface area (Å²) < 4.78 is 34.2. The van der Waals surface area contributed by atoms with Crippen LogP contribution >= 0.6 is 0 Å². The van der Waals surface area contributed by atoms with Crippen LogP contribution in [-0.4, -0.2) is 57.7 Å². The Kier molecular flexibility index (Phi) is 7.06. The number of nitrogens with zero attached hydrogens (tertiary/aromatic N) is 1.